The van der Waals surface area contributed by atoms with Gasteiger partial charge >= 0.3 is 0 Å². The summed E-state index contributed by atoms with van der Waals surface area (Å²) >= 11 is 0. The highest BCUT2D eigenvalue weighted by Gasteiger charge is 2.31. The number of rotatable bonds is 3. The van der Waals surface area contributed by atoms with E-state index in [9.17, 15) is 8.78 Å². The lowest BCUT2D eigenvalue weighted by molar-refractivity contribution is 0.335. The molecule has 1 saturated heterocycles. The molecule has 2 N–H and O–H groups in total. The molecule has 1 aromatic carbocycles. The maximum atomic E-state index is 13.3. The predicted octanol–water partition coefficient (Wildman–Crippen LogP) is 2.76. The summed E-state index contributed by atoms with van der Waals surface area (Å²) in [5, 5.41) is 0. The maximum Gasteiger partial charge on any atom is 0.225 e. The van der Waals surface area contributed by atoms with Crippen LogP contribution >= 0.6 is 24.0 Å². The summed E-state index contributed by atoms with van der Waals surface area (Å²) in [7, 11) is 0. The fourth-order valence-corrected chi connectivity index (χ4v) is 3.64. The number of hydrogen-bond donors (Lipinski definition) is 1. The zero-order chi connectivity index (χ0) is 18.8. The first-order chi connectivity index (χ1) is 13.1. The van der Waals surface area contributed by atoms with Gasteiger partial charge in [0.2, 0.25) is 5.95 Å². The average Bonchev–Trinajstić information content (AvgIpc) is 2.64. The van der Waals surface area contributed by atoms with Crippen LogP contribution in [0.5, 0.6) is 0 Å². The molecule has 0 radical (unpaired) electrons. The Morgan fingerprint density at radius 3 is 2.21 bits per heavy atom. The van der Waals surface area contributed by atoms with Gasteiger partial charge in [-0.15, -0.1) is 24.0 Å². The van der Waals surface area contributed by atoms with Crippen molar-refractivity contribution in [2.45, 2.75) is 24.8 Å². The van der Waals surface area contributed by atoms with E-state index in [2.05, 4.69) is 24.8 Å². The molecule has 1 aliphatic carbocycles. The zero-order valence-corrected chi connectivity index (χ0v) is 17.7. The molecule has 4 rings (SSSR count). The lowest BCUT2D eigenvalue weighted by atomic mass is 9.76. The second-order valence-corrected chi connectivity index (χ2v) is 7.04. The number of hydrogen-bond acceptors (Lipinski definition) is 4. The van der Waals surface area contributed by atoms with Gasteiger partial charge in [-0.2, -0.15) is 0 Å². The number of guanidine groups is 1. The summed E-state index contributed by atoms with van der Waals surface area (Å²) in [4.78, 5) is 17.3. The Morgan fingerprint density at radius 2 is 1.61 bits per heavy atom. The number of aromatic nitrogens is 2. The van der Waals surface area contributed by atoms with Gasteiger partial charge in [0.25, 0.3) is 0 Å². The monoisotopic (exact) mass is 500 g/mol. The SMILES string of the molecule is I.NC(=NC1CC(c2cc(F)cc(F)c2)C1)N1CCN(c2ncccn2)CC1. The minimum absolute atomic E-state index is 0. The Balaban J connectivity index is 0.00000225. The van der Waals surface area contributed by atoms with Crippen molar-refractivity contribution in [1.82, 2.24) is 14.9 Å². The van der Waals surface area contributed by atoms with E-state index < -0.39 is 11.6 Å². The molecule has 6 nitrogen and oxygen atoms in total. The number of piperazine rings is 1. The first kappa shape index (κ1) is 20.7. The summed E-state index contributed by atoms with van der Waals surface area (Å²) < 4.78 is 26.7. The molecular formula is C19H23F2IN6. The summed E-state index contributed by atoms with van der Waals surface area (Å²) in [5.74, 6) is 0.353. The van der Waals surface area contributed by atoms with Crippen LogP contribution in [0.2, 0.25) is 0 Å². The Kier molecular flexibility index (Phi) is 6.63. The molecule has 0 bridgehead atoms. The average molecular weight is 500 g/mol. The van der Waals surface area contributed by atoms with Gasteiger partial charge in [-0.25, -0.2) is 23.7 Å². The van der Waals surface area contributed by atoms with Crippen LogP contribution < -0.4 is 10.6 Å². The molecule has 1 aromatic heterocycles. The minimum atomic E-state index is -0.531. The number of nitrogens with two attached hydrogens (primary N) is 1. The summed E-state index contributed by atoms with van der Waals surface area (Å²) in [6.07, 6.45) is 5.01. The lowest BCUT2D eigenvalue weighted by Crippen LogP contribution is -2.52. The molecular weight excluding hydrogens is 477 g/mol. The van der Waals surface area contributed by atoms with E-state index in [0.717, 1.165) is 51.0 Å². The van der Waals surface area contributed by atoms with E-state index >= 15 is 0 Å². The van der Waals surface area contributed by atoms with Gasteiger partial charge in [-0.3, -0.25) is 0 Å². The topological polar surface area (TPSA) is 70.6 Å². The maximum absolute atomic E-state index is 13.3. The molecule has 2 aliphatic rings. The Morgan fingerprint density at radius 1 is 1.00 bits per heavy atom. The smallest absolute Gasteiger partial charge is 0.225 e. The van der Waals surface area contributed by atoms with E-state index in [0.29, 0.717) is 11.5 Å². The Labute approximate surface area is 179 Å². The van der Waals surface area contributed by atoms with Crippen molar-refractivity contribution in [2.75, 3.05) is 31.1 Å². The van der Waals surface area contributed by atoms with Gasteiger partial charge in [0, 0.05) is 44.6 Å². The Bertz CT molecular complexity index is 800. The summed E-state index contributed by atoms with van der Waals surface area (Å²) in [6, 6.07) is 5.62. The van der Waals surface area contributed by atoms with Crippen LogP contribution in [0.1, 0.15) is 24.3 Å². The highest BCUT2D eigenvalue weighted by Crippen LogP contribution is 2.39. The molecule has 28 heavy (non-hydrogen) atoms. The van der Waals surface area contributed by atoms with Gasteiger partial charge in [-0.05, 0) is 42.5 Å². The Hall–Kier alpha value is -2.04. The fraction of sp³-hybridized carbons (Fsp3) is 0.421. The lowest BCUT2D eigenvalue weighted by Gasteiger charge is -2.37. The molecule has 150 valence electrons. The quantitative estimate of drug-likeness (QED) is 0.399. The number of anilines is 1. The van der Waals surface area contributed by atoms with Crippen molar-refractivity contribution in [3.63, 3.8) is 0 Å². The normalized spacial score (nSPS) is 22.4. The molecule has 0 amide bonds. The van der Waals surface area contributed by atoms with Crippen molar-refractivity contribution in [2.24, 2.45) is 10.7 Å². The molecule has 2 heterocycles. The van der Waals surface area contributed by atoms with Crippen molar-refractivity contribution < 1.29 is 8.78 Å². The second-order valence-electron chi connectivity index (χ2n) is 7.04. The summed E-state index contributed by atoms with van der Waals surface area (Å²) in [5.41, 5.74) is 6.88. The molecule has 0 unspecified atom stereocenters. The van der Waals surface area contributed by atoms with Gasteiger partial charge in [-0.1, -0.05) is 0 Å². The van der Waals surface area contributed by atoms with E-state index in [1.807, 2.05) is 0 Å². The molecule has 2 fully saturated rings. The van der Waals surface area contributed by atoms with Crippen LogP contribution in [0.15, 0.2) is 41.7 Å². The predicted molar refractivity (Wildman–Crippen MR) is 115 cm³/mol. The number of aliphatic imine (C=N–C) groups is 1. The van der Waals surface area contributed by atoms with Crippen molar-refractivity contribution in [3.05, 3.63) is 53.9 Å². The first-order valence-electron chi connectivity index (χ1n) is 9.14. The molecule has 2 aromatic rings. The third-order valence-corrected chi connectivity index (χ3v) is 5.22. The molecule has 9 heteroatoms. The molecule has 0 spiro atoms. The minimum Gasteiger partial charge on any atom is -0.370 e. The van der Waals surface area contributed by atoms with Gasteiger partial charge in [0.15, 0.2) is 5.96 Å². The molecule has 1 aliphatic heterocycles. The van der Waals surface area contributed by atoms with Crippen LogP contribution in [-0.4, -0.2) is 53.0 Å². The van der Waals surface area contributed by atoms with Gasteiger partial charge in [0.1, 0.15) is 11.6 Å². The van der Waals surface area contributed by atoms with Gasteiger partial charge < -0.3 is 15.5 Å². The van der Waals surface area contributed by atoms with E-state index in [-0.39, 0.29) is 35.9 Å². The highest BCUT2D eigenvalue weighted by molar-refractivity contribution is 14.0. The third-order valence-electron chi connectivity index (χ3n) is 5.22. The fourth-order valence-electron chi connectivity index (χ4n) is 3.64. The van der Waals surface area contributed by atoms with E-state index in [4.69, 9.17) is 5.73 Å². The van der Waals surface area contributed by atoms with Crippen molar-refractivity contribution in [1.29, 1.82) is 0 Å². The van der Waals surface area contributed by atoms with Crippen molar-refractivity contribution in [3.8, 4) is 0 Å². The van der Waals surface area contributed by atoms with Gasteiger partial charge in [0.05, 0.1) is 6.04 Å². The highest BCUT2D eigenvalue weighted by atomic mass is 127. The van der Waals surface area contributed by atoms with Crippen LogP contribution in [-0.2, 0) is 0 Å². The van der Waals surface area contributed by atoms with Crippen LogP contribution in [0, 0.1) is 11.6 Å². The second kappa shape index (κ2) is 8.97. The molecule has 1 saturated carbocycles. The number of halogens is 3. The number of nitrogens with zero attached hydrogens (tertiary/aromatic N) is 5. The third kappa shape index (κ3) is 4.68. The summed E-state index contributed by atoms with van der Waals surface area (Å²) in [6.45, 7) is 3.10. The first-order valence-corrected chi connectivity index (χ1v) is 9.14. The zero-order valence-electron chi connectivity index (χ0n) is 15.3. The van der Waals surface area contributed by atoms with Crippen LogP contribution in [0.4, 0.5) is 14.7 Å². The number of benzene rings is 1. The largest absolute Gasteiger partial charge is 0.370 e. The van der Waals surface area contributed by atoms with Crippen LogP contribution in [0.3, 0.4) is 0 Å². The van der Waals surface area contributed by atoms with Crippen molar-refractivity contribution >= 4 is 35.9 Å². The van der Waals surface area contributed by atoms with Crippen LogP contribution in [0.25, 0.3) is 0 Å². The van der Waals surface area contributed by atoms with E-state index in [1.54, 1.807) is 18.5 Å². The van der Waals surface area contributed by atoms with E-state index in [1.165, 1.54) is 12.1 Å². The standard InChI is InChI=1S/C19H22F2N6.HI/c20-15-8-13(9-16(21)12-15)14-10-17(11-14)25-18(22)26-4-6-27(7-5-26)19-23-2-1-3-24-19;/h1-3,8-9,12,14,17H,4-7,10-11H2,(H2,22,25);1H. The molecule has 0 atom stereocenters.